The molecule has 1 saturated carbocycles. The number of carbonyl (C=O) groups excluding carboxylic acids is 1. The van der Waals surface area contributed by atoms with E-state index < -0.39 is 0 Å². The third kappa shape index (κ3) is 4.64. The lowest BCUT2D eigenvalue weighted by atomic mass is 9.58. The first kappa shape index (κ1) is 23.4. The Hall–Kier alpha value is -1.75. The van der Waals surface area contributed by atoms with E-state index in [9.17, 15) is 4.79 Å². The van der Waals surface area contributed by atoms with Crippen molar-refractivity contribution in [1.82, 2.24) is 9.80 Å². The number of ether oxygens (including phenoxy) is 1. The van der Waals surface area contributed by atoms with Gasteiger partial charge in [0.25, 0.3) is 0 Å². The van der Waals surface area contributed by atoms with Crippen molar-refractivity contribution in [3.8, 4) is 5.75 Å². The summed E-state index contributed by atoms with van der Waals surface area (Å²) in [7, 11) is 5.90. The van der Waals surface area contributed by atoms with Crippen molar-refractivity contribution in [2.75, 3.05) is 34.3 Å². The van der Waals surface area contributed by atoms with Crippen LogP contribution in [0.2, 0.25) is 10.0 Å². The first-order valence-corrected chi connectivity index (χ1v) is 12.1. The van der Waals surface area contributed by atoms with E-state index >= 15 is 0 Å². The highest BCUT2D eigenvalue weighted by atomic mass is 35.5. The number of hydrogen-bond acceptors (Lipinski definition) is 3. The van der Waals surface area contributed by atoms with E-state index in [2.05, 4.69) is 30.1 Å². The number of nitrogens with zero attached hydrogens (tertiary/aromatic N) is 2. The van der Waals surface area contributed by atoms with Gasteiger partial charge in [0, 0.05) is 25.0 Å². The second-order valence-electron chi connectivity index (χ2n) is 9.46. The summed E-state index contributed by atoms with van der Waals surface area (Å²) in [6.07, 6.45) is 4.58. The molecular formula is C26H32Cl2N2O2. The van der Waals surface area contributed by atoms with Crippen LogP contribution < -0.4 is 4.74 Å². The minimum absolute atomic E-state index is 0.0715. The zero-order valence-electron chi connectivity index (χ0n) is 19.1. The summed E-state index contributed by atoms with van der Waals surface area (Å²) in [4.78, 5) is 17.6. The maximum atomic E-state index is 13.2. The molecule has 0 unspecified atom stereocenters. The van der Waals surface area contributed by atoms with E-state index in [1.807, 2.05) is 24.1 Å². The molecule has 1 heterocycles. The molecule has 2 aliphatic rings. The zero-order chi connectivity index (χ0) is 22.9. The number of halogens is 2. The maximum absolute atomic E-state index is 13.2. The highest BCUT2D eigenvalue weighted by molar-refractivity contribution is 6.42. The quantitative estimate of drug-likeness (QED) is 0.577. The van der Waals surface area contributed by atoms with Crippen molar-refractivity contribution in [2.24, 2.45) is 5.92 Å². The Balaban J connectivity index is 1.56. The van der Waals surface area contributed by atoms with E-state index in [1.165, 1.54) is 5.56 Å². The largest absolute Gasteiger partial charge is 0.497 e. The fourth-order valence-electron chi connectivity index (χ4n) is 5.70. The van der Waals surface area contributed by atoms with Gasteiger partial charge in [-0.15, -0.1) is 0 Å². The molecule has 1 aliphatic carbocycles. The number of fused-ring (bicyclic) bond motifs is 1. The Morgan fingerprint density at radius 1 is 1.19 bits per heavy atom. The zero-order valence-corrected chi connectivity index (χ0v) is 20.6. The van der Waals surface area contributed by atoms with E-state index in [0.29, 0.717) is 22.4 Å². The first-order valence-electron chi connectivity index (χ1n) is 11.3. The summed E-state index contributed by atoms with van der Waals surface area (Å²) in [5.74, 6) is 1.62. The molecule has 4 nitrogen and oxygen atoms in total. The molecule has 1 aliphatic heterocycles. The molecule has 2 aromatic rings. The van der Waals surface area contributed by atoms with E-state index in [1.54, 1.807) is 19.2 Å². The predicted octanol–water partition coefficient (Wildman–Crippen LogP) is 5.45. The van der Waals surface area contributed by atoms with Crippen molar-refractivity contribution < 1.29 is 9.53 Å². The van der Waals surface area contributed by atoms with Crippen molar-refractivity contribution in [3.63, 3.8) is 0 Å². The highest BCUT2D eigenvalue weighted by Gasteiger charge is 2.48. The van der Waals surface area contributed by atoms with Gasteiger partial charge in [-0.2, -0.15) is 0 Å². The van der Waals surface area contributed by atoms with Crippen molar-refractivity contribution in [2.45, 2.75) is 43.6 Å². The molecule has 0 aromatic heterocycles. The Labute approximate surface area is 201 Å². The standard InChI is InChI=1S/C26H32Cl2N2O2/c1-29-12-11-26(19-5-4-6-22(15-19)32-3)16-21(9-8-20(26)17-29)30(2)25(31)14-18-7-10-23(27)24(28)13-18/h4-7,10,13,15,20-21H,8-9,11-12,14,16-17H2,1-3H3/t20-,21+,26+/m1/s1. The fraction of sp³-hybridized carbons (Fsp3) is 0.500. The molecule has 0 spiro atoms. The van der Waals surface area contributed by atoms with Crippen LogP contribution in [0.3, 0.4) is 0 Å². The molecule has 3 atom stereocenters. The van der Waals surface area contributed by atoms with Gasteiger partial charge in [0.1, 0.15) is 5.75 Å². The monoisotopic (exact) mass is 474 g/mol. The third-order valence-corrected chi connectivity index (χ3v) is 8.37. The van der Waals surface area contributed by atoms with Crippen molar-refractivity contribution in [1.29, 1.82) is 0 Å². The molecule has 0 N–H and O–H groups in total. The van der Waals surface area contributed by atoms with Gasteiger partial charge < -0.3 is 14.5 Å². The topological polar surface area (TPSA) is 32.8 Å². The molecule has 6 heteroatoms. The van der Waals surface area contributed by atoms with Crippen LogP contribution in [0.15, 0.2) is 42.5 Å². The van der Waals surface area contributed by atoms with E-state index in [-0.39, 0.29) is 17.4 Å². The predicted molar refractivity (Wildman–Crippen MR) is 131 cm³/mol. The number of methoxy groups -OCH3 is 1. The molecule has 32 heavy (non-hydrogen) atoms. The molecule has 4 rings (SSSR count). The number of carbonyl (C=O) groups is 1. The highest BCUT2D eigenvalue weighted by Crippen LogP contribution is 2.50. The van der Waals surface area contributed by atoms with Crippen LogP contribution in [0.1, 0.15) is 36.8 Å². The molecule has 1 saturated heterocycles. The maximum Gasteiger partial charge on any atom is 0.226 e. The minimum Gasteiger partial charge on any atom is -0.497 e. The lowest BCUT2D eigenvalue weighted by Crippen LogP contribution is -2.55. The lowest BCUT2D eigenvalue weighted by Gasteiger charge is -2.53. The summed E-state index contributed by atoms with van der Waals surface area (Å²) in [6.45, 7) is 2.17. The Morgan fingerprint density at radius 3 is 2.75 bits per heavy atom. The molecule has 2 fully saturated rings. The Kier molecular flexibility index (Phi) is 7.04. The Bertz CT molecular complexity index is 982. The van der Waals surface area contributed by atoms with Crippen LogP contribution in [0.25, 0.3) is 0 Å². The van der Waals surface area contributed by atoms with Crippen LogP contribution in [0.5, 0.6) is 5.75 Å². The summed E-state index contributed by atoms with van der Waals surface area (Å²) in [5.41, 5.74) is 2.32. The second kappa shape index (κ2) is 9.62. The third-order valence-electron chi connectivity index (χ3n) is 7.63. The van der Waals surface area contributed by atoms with Crippen LogP contribution in [0, 0.1) is 5.92 Å². The van der Waals surface area contributed by atoms with Gasteiger partial charge in [-0.3, -0.25) is 4.79 Å². The normalized spacial score (nSPS) is 25.8. The lowest BCUT2D eigenvalue weighted by molar-refractivity contribution is -0.133. The number of piperidine rings is 1. The van der Waals surface area contributed by atoms with E-state index in [0.717, 1.165) is 50.1 Å². The molecule has 0 bridgehead atoms. The van der Waals surface area contributed by atoms with Crippen LogP contribution in [0.4, 0.5) is 0 Å². The number of rotatable bonds is 5. The number of likely N-dealkylation sites (N-methyl/N-ethyl adjacent to an activating group) is 1. The molecular weight excluding hydrogens is 443 g/mol. The van der Waals surface area contributed by atoms with Crippen LogP contribution in [-0.4, -0.2) is 56.0 Å². The van der Waals surface area contributed by atoms with Gasteiger partial charge in [-0.25, -0.2) is 0 Å². The number of hydrogen-bond donors (Lipinski definition) is 0. The Morgan fingerprint density at radius 2 is 2.00 bits per heavy atom. The van der Waals surface area contributed by atoms with Gasteiger partial charge >= 0.3 is 0 Å². The molecule has 2 aromatic carbocycles. The average molecular weight is 475 g/mol. The van der Waals surface area contributed by atoms with Gasteiger partial charge in [0.2, 0.25) is 5.91 Å². The van der Waals surface area contributed by atoms with Crippen molar-refractivity contribution >= 4 is 29.1 Å². The summed E-state index contributed by atoms with van der Waals surface area (Å²) < 4.78 is 5.54. The molecule has 1 amide bonds. The number of amides is 1. The summed E-state index contributed by atoms with van der Waals surface area (Å²) in [5, 5.41) is 1.00. The smallest absolute Gasteiger partial charge is 0.226 e. The van der Waals surface area contributed by atoms with Gasteiger partial charge in [0.15, 0.2) is 0 Å². The van der Waals surface area contributed by atoms with Gasteiger partial charge in [-0.05, 0) is 80.6 Å². The number of likely N-dealkylation sites (tertiary alicyclic amines) is 1. The molecule has 172 valence electrons. The summed E-state index contributed by atoms with van der Waals surface area (Å²) >= 11 is 12.2. The molecule has 0 radical (unpaired) electrons. The minimum atomic E-state index is 0.0715. The average Bonchev–Trinajstić information content (AvgIpc) is 2.80. The van der Waals surface area contributed by atoms with Crippen LogP contribution in [-0.2, 0) is 16.6 Å². The van der Waals surface area contributed by atoms with E-state index in [4.69, 9.17) is 27.9 Å². The van der Waals surface area contributed by atoms with Crippen molar-refractivity contribution in [3.05, 3.63) is 63.6 Å². The fourth-order valence-corrected chi connectivity index (χ4v) is 6.02. The van der Waals surface area contributed by atoms with Gasteiger partial charge in [0.05, 0.1) is 23.6 Å². The summed E-state index contributed by atoms with van der Waals surface area (Å²) in [6, 6.07) is 14.2. The van der Waals surface area contributed by atoms with Crippen LogP contribution >= 0.6 is 23.2 Å². The number of benzene rings is 2. The second-order valence-corrected chi connectivity index (χ2v) is 10.3. The first-order chi connectivity index (χ1) is 15.3. The van der Waals surface area contributed by atoms with Gasteiger partial charge in [-0.1, -0.05) is 41.4 Å². The SMILES string of the molecule is COc1cccc([C@@]23CCN(C)C[C@H]2CC[C@H](N(C)C(=O)Cc2ccc(Cl)c(Cl)c2)C3)c1.